The molecule has 0 spiro atoms. The Bertz CT molecular complexity index is 622. The minimum Gasteiger partial charge on any atom is -0.476 e. The fourth-order valence-electron chi connectivity index (χ4n) is 1.85. The number of hydrogen-bond acceptors (Lipinski definition) is 3. The van der Waals surface area contributed by atoms with E-state index in [1.165, 1.54) is 0 Å². The van der Waals surface area contributed by atoms with E-state index in [2.05, 4.69) is 11.1 Å². The molecule has 0 atom stereocenters. The first-order valence-corrected chi connectivity index (χ1v) is 5.27. The lowest BCUT2D eigenvalue weighted by Crippen LogP contribution is -2.02. The zero-order chi connectivity index (χ0) is 12.4. The van der Waals surface area contributed by atoms with Gasteiger partial charge in [-0.05, 0) is 24.1 Å². The van der Waals surface area contributed by atoms with E-state index in [0.29, 0.717) is 24.2 Å². The predicted molar refractivity (Wildman–Crippen MR) is 60.8 cm³/mol. The third-order valence-electron chi connectivity index (χ3n) is 2.61. The maximum atomic E-state index is 11.0. The summed E-state index contributed by atoms with van der Waals surface area (Å²) < 4.78 is 1.75. The monoisotopic (exact) mass is 229 g/mol. The summed E-state index contributed by atoms with van der Waals surface area (Å²) in [6.45, 7) is 1.89. The molecule has 2 heterocycles. The van der Waals surface area contributed by atoms with Crippen LogP contribution in [0.4, 0.5) is 0 Å². The molecule has 0 saturated carbocycles. The number of fused-ring (bicyclic) bond motifs is 1. The van der Waals surface area contributed by atoms with Crippen LogP contribution in [0.5, 0.6) is 0 Å². The molecule has 5 heteroatoms. The van der Waals surface area contributed by atoms with E-state index in [1.807, 2.05) is 13.0 Å². The van der Waals surface area contributed by atoms with Crippen LogP contribution in [-0.2, 0) is 12.8 Å². The first kappa shape index (κ1) is 11.1. The molecule has 0 aliphatic carbocycles. The van der Waals surface area contributed by atoms with Crippen molar-refractivity contribution in [3.63, 3.8) is 0 Å². The van der Waals surface area contributed by atoms with Crippen molar-refractivity contribution in [1.29, 1.82) is 5.26 Å². The SMILES string of the molecule is CCc1c(C(=O)O)nc2cc(CC#N)ccn12. The Morgan fingerprint density at radius 3 is 3.00 bits per heavy atom. The predicted octanol–water partition coefficient (Wildman–Crippen LogP) is 1.66. The Kier molecular flexibility index (Phi) is 2.79. The molecule has 0 aromatic carbocycles. The average molecular weight is 229 g/mol. The lowest BCUT2D eigenvalue weighted by molar-refractivity contribution is 0.0690. The fraction of sp³-hybridized carbons (Fsp3) is 0.250. The van der Waals surface area contributed by atoms with Crippen molar-refractivity contribution in [2.24, 2.45) is 0 Å². The van der Waals surface area contributed by atoms with Gasteiger partial charge in [-0.15, -0.1) is 0 Å². The Balaban J connectivity index is 2.65. The van der Waals surface area contributed by atoms with Gasteiger partial charge < -0.3 is 9.51 Å². The van der Waals surface area contributed by atoms with Crippen molar-refractivity contribution >= 4 is 11.6 Å². The van der Waals surface area contributed by atoms with E-state index < -0.39 is 5.97 Å². The number of carboxylic acid groups (broad SMARTS) is 1. The molecular weight excluding hydrogens is 218 g/mol. The topological polar surface area (TPSA) is 78.4 Å². The lowest BCUT2D eigenvalue weighted by Gasteiger charge is -2.00. The molecule has 0 aliphatic rings. The Labute approximate surface area is 97.9 Å². The molecule has 0 fully saturated rings. The molecule has 0 saturated heterocycles. The molecule has 2 rings (SSSR count). The number of aromatic nitrogens is 2. The quantitative estimate of drug-likeness (QED) is 0.868. The molecule has 0 bridgehead atoms. The summed E-state index contributed by atoms with van der Waals surface area (Å²) in [6, 6.07) is 5.61. The third-order valence-corrected chi connectivity index (χ3v) is 2.61. The minimum absolute atomic E-state index is 0.0848. The smallest absolute Gasteiger partial charge is 0.356 e. The van der Waals surface area contributed by atoms with E-state index >= 15 is 0 Å². The van der Waals surface area contributed by atoms with Crippen LogP contribution in [0, 0.1) is 11.3 Å². The second kappa shape index (κ2) is 4.26. The average Bonchev–Trinajstić information content (AvgIpc) is 2.67. The number of aromatic carboxylic acids is 1. The molecule has 0 amide bonds. The van der Waals surface area contributed by atoms with Gasteiger partial charge in [-0.25, -0.2) is 9.78 Å². The van der Waals surface area contributed by atoms with Crippen LogP contribution in [-0.4, -0.2) is 20.5 Å². The van der Waals surface area contributed by atoms with Crippen LogP contribution in [0.25, 0.3) is 5.65 Å². The number of carbonyl (C=O) groups is 1. The number of nitriles is 1. The van der Waals surface area contributed by atoms with Crippen molar-refractivity contribution in [3.8, 4) is 6.07 Å². The van der Waals surface area contributed by atoms with Crippen LogP contribution in [0.15, 0.2) is 18.3 Å². The molecule has 86 valence electrons. The van der Waals surface area contributed by atoms with Crippen molar-refractivity contribution in [2.45, 2.75) is 19.8 Å². The van der Waals surface area contributed by atoms with Gasteiger partial charge in [0.1, 0.15) is 5.65 Å². The van der Waals surface area contributed by atoms with Gasteiger partial charge in [0.2, 0.25) is 0 Å². The third kappa shape index (κ3) is 1.85. The Morgan fingerprint density at radius 1 is 1.65 bits per heavy atom. The highest BCUT2D eigenvalue weighted by atomic mass is 16.4. The summed E-state index contributed by atoms with van der Waals surface area (Å²) in [5.74, 6) is -1.02. The van der Waals surface area contributed by atoms with Crippen LogP contribution < -0.4 is 0 Å². The highest BCUT2D eigenvalue weighted by Crippen LogP contribution is 2.15. The summed E-state index contributed by atoms with van der Waals surface area (Å²) in [7, 11) is 0. The summed E-state index contributed by atoms with van der Waals surface area (Å²) >= 11 is 0. The highest BCUT2D eigenvalue weighted by molar-refractivity contribution is 5.88. The van der Waals surface area contributed by atoms with E-state index in [4.69, 9.17) is 10.4 Å². The molecule has 0 aliphatic heterocycles. The van der Waals surface area contributed by atoms with E-state index in [-0.39, 0.29) is 5.69 Å². The molecule has 0 radical (unpaired) electrons. The molecule has 0 unspecified atom stereocenters. The van der Waals surface area contributed by atoms with Crippen molar-refractivity contribution in [1.82, 2.24) is 9.38 Å². The molecule has 2 aromatic rings. The maximum absolute atomic E-state index is 11.0. The Morgan fingerprint density at radius 2 is 2.41 bits per heavy atom. The molecule has 5 nitrogen and oxygen atoms in total. The summed E-state index contributed by atoms with van der Waals surface area (Å²) in [6.07, 6.45) is 2.66. The Hall–Kier alpha value is -2.35. The van der Waals surface area contributed by atoms with Crippen LogP contribution in [0.2, 0.25) is 0 Å². The van der Waals surface area contributed by atoms with Gasteiger partial charge in [-0.3, -0.25) is 0 Å². The number of carboxylic acids is 1. The second-order valence-corrected chi connectivity index (χ2v) is 3.66. The number of nitrogens with zero attached hydrogens (tertiary/aromatic N) is 3. The summed E-state index contributed by atoms with van der Waals surface area (Å²) in [4.78, 5) is 15.1. The summed E-state index contributed by atoms with van der Waals surface area (Å²) in [5.41, 5.74) is 2.18. The number of hydrogen-bond donors (Lipinski definition) is 1. The van der Waals surface area contributed by atoms with Gasteiger partial charge in [-0.1, -0.05) is 6.92 Å². The normalized spacial score (nSPS) is 10.4. The van der Waals surface area contributed by atoms with Crippen LogP contribution >= 0.6 is 0 Å². The second-order valence-electron chi connectivity index (χ2n) is 3.66. The fourth-order valence-corrected chi connectivity index (χ4v) is 1.85. The number of aryl methyl sites for hydroxylation is 1. The van der Waals surface area contributed by atoms with Crippen molar-refractivity contribution in [2.75, 3.05) is 0 Å². The van der Waals surface area contributed by atoms with Crippen LogP contribution in [0.1, 0.15) is 28.7 Å². The van der Waals surface area contributed by atoms with Gasteiger partial charge in [0.25, 0.3) is 0 Å². The standard InChI is InChI=1S/C12H11N3O2/c1-2-9-11(12(16)17)14-10-7-8(3-5-13)4-6-15(9)10/h4,6-7H,2-3H2,1H3,(H,16,17). The zero-order valence-corrected chi connectivity index (χ0v) is 9.34. The zero-order valence-electron chi connectivity index (χ0n) is 9.34. The number of pyridine rings is 1. The first-order chi connectivity index (χ1) is 8.17. The van der Waals surface area contributed by atoms with Gasteiger partial charge in [0.05, 0.1) is 18.2 Å². The van der Waals surface area contributed by atoms with Crippen molar-refractivity contribution < 1.29 is 9.90 Å². The van der Waals surface area contributed by atoms with Gasteiger partial charge in [0, 0.05) is 6.20 Å². The number of rotatable bonds is 3. The molecule has 2 aromatic heterocycles. The minimum atomic E-state index is -1.02. The van der Waals surface area contributed by atoms with Crippen molar-refractivity contribution in [3.05, 3.63) is 35.3 Å². The molecule has 1 N–H and O–H groups in total. The molecule has 17 heavy (non-hydrogen) atoms. The lowest BCUT2D eigenvalue weighted by atomic mass is 10.2. The van der Waals surface area contributed by atoms with Gasteiger partial charge in [-0.2, -0.15) is 5.26 Å². The van der Waals surface area contributed by atoms with Gasteiger partial charge >= 0.3 is 5.97 Å². The molecular formula is C12H11N3O2. The summed E-state index contributed by atoms with van der Waals surface area (Å²) in [5, 5.41) is 17.7. The first-order valence-electron chi connectivity index (χ1n) is 5.27. The van der Waals surface area contributed by atoms with E-state index in [0.717, 1.165) is 5.56 Å². The van der Waals surface area contributed by atoms with Gasteiger partial charge in [0.15, 0.2) is 5.69 Å². The van der Waals surface area contributed by atoms with E-state index in [1.54, 1.807) is 16.7 Å². The van der Waals surface area contributed by atoms with E-state index in [9.17, 15) is 4.79 Å². The maximum Gasteiger partial charge on any atom is 0.356 e. The number of imidazole rings is 1. The highest BCUT2D eigenvalue weighted by Gasteiger charge is 2.16. The van der Waals surface area contributed by atoms with Crippen LogP contribution in [0.3, 0.4) is 0 Å². The largest absolute Gasteiger partial charge is 0.476 e.